The van der Waals surface area contributed by atoms with E-state index in [1.807, 2.05) is 24.3 Å². The van der Waals surface area contributed by atoms with Crippen molar-refractivity contribution < 1.29 is 14.6 Å². The van der Waals surface area contributed by atoms with Crippen LogP contribution >= 0.6 is 0 Å². The Morgan fingerprint density at radius 2 is 1.46 bits per heavy atom. The van der Waals surface area contributed by atoms with Gasteiger partial charge < -0.3 is 19.9 Å². The largest absolute Gasteiger partial charge is 0.497 e. The third kappa shape index (κ3) is 5.27. The fraction of sp³-hybridized carbons (Fsp3) is 0.500. The smallest absolute Gasteiger partial charge is 0.118 e. The van der Waals surface area contributed by atoms with Gasteiger partial charge >= 0.3 is 0 Å². The van der Waals surface area contributed by atoms with Crippen molar-refractivity contribution in [3.05, 3.63) is 59.7 Å². The van der Waals surface area contributed by atoms with Gasteiger partial charge in [0, 0.05) is 12.5 Å². The van der Waals surface area contributed by atoms with Gasteiger partial charge in [0.05, 0.1) is 19.8 Å². The number of benzene rings is 2. The number of hydrogen-bond acceptors (Lipinski definition) is 4. The zero-order valence-electron chi connectivity index (χ0n) is 17.1. The highest BCUT2D eigenvalue weighted by Gasteiger charge is 2.38. The molecule has 1 aliphatic carbocycles. The molecule has 4 heteroatoms. The van der Waals surface area contributed by atoms with Crippen LogP contribution in [-0.4, -0.2) is 38.0 Å². The lowest BCUT2D eigenvalue weighted by Crippen LogP contribution is -2.43. The molecular weight excluding hydrogens is 350 g/mol. The lowest BCUT2D eigenvalue weighted by molar-refractivity contribution is -0.0214. The van der Waals surface area contributed by atoms with E-state index in [0.29, 0.717) is 0 Å². The van der Waals surface area contributed by atoms with Gasteiger partial charge in [-0.2, -0.15) is 0 Å². The van der Waals surface area contributed by atoms with Gasteiger partial charge in [-0.15, -0.1) is 0 Å². The Kier molecular flexibility index (Phi) is 7.35. The highest BCUT2D eigenvalue weighted by atomic mass is 16.5. The first-order chi connectivity index (χ1) is 13.6. The number of methoxy groups -OCH3 is 2. The van der Waals surface area contributed by atoms with E-state index in [1.165, 1.54) is 17.5 Å². The summed E-state index contributed by atoms with van der Waals surface area (Å²) in [5, 5.41) is 15.0. The standard InChI is InChI=1S/C24H33NO3/c1-27-21-10-6-19(7-11-21)14-17-25-18-23(24(26)15-4-3-5-16-24)20-8-12-22(28-2)13-9-20/h6-13,23,25-26H,3-5,14-18H2,1-2H3/t23-/m0/s1. The van der Waals surface area contributed by atoms with Crippen LogP contribution < -0.4 is 14.8 Å². The SMILES string of the molecule is COc1ccc(CCNC[C@@H](c2ccc(OC)cc2)C2(O)CCCCC2)cc1. The second kappa shape index (κ2) is 9.94. The Morgan fingerprint density at radius 1 is 0.893 bits per heavy atom. The molecular formula is C24H33NO3. The van der Waals surface area contributed by atoms with Crippen LogP contribution in [0.25, 0.3) is 0 Å². The van der Waals surface area contributed by atoms with Gasteiger partial charge in [-0.1, -0.05) is 43.5 Å². The molecule has 28 heavy (non-hydrogen) atoms. The van der Waals surface area contributed by atoms with Crippen molar-refractivity contribution in [1.82, 2.24) is 5.32 Å². The predicted molar refractivity (Wildman–Crippen MR) is 113 cm³/mol. The van der Waals surface area contributed by atoms with Crippen molar-refractivity contribution in [2.45, 2.75) is 50.0 Å². The Hall–Kier alpha value is -2.04. The summed E-state index contributed by atoms with van der Waals surface area (Å²) in [6, 6.07) is 16.4. The molecule has 0 spiro atoms. The highest BCUT2D eigenvalue weighted by molar-refractivity contribution is 5.31. The molecule has 0 radical (unpaired) electrons. The lowest BCUT2D eigenvalue weighted by Gasteiger charge is -2.40. The Labute approximate surface area is 168 Å². The second-order valence-electron chi connectivity index (χ2n) is 7.79. The number of hydrogen-bond donors (Lipinski definition) is 2. The maximum Gasteiger partial charge on any atom is 0.118 e. The molecule has 4 nitrogen and oxygen atoms in total. The summed E-state index contributed by atoms with van der Waals surface area (Å²) in [4.78, 5) is 0. The first-order valence-corrected chi connectivity index (χ1v) is 10.3. The van der Waals surface area contributed by atoms with Crippen LogP contribution in [0.1, 0.15) is 49.1 Å². The number of nitrogens with one attached hydrogen (secondary N) is 1. The molecule has 0 unspecified atom stereocenters. The average Bonchev–Trinajstić information content (AvgIpc) is 2.74. The highest BCUT2D eigenvalue weighted by Crippen LogP contribution is 2.40. The van der Waals surface area contributed by atoms with Gasteiger partial charge in [0.1, 0.15) is 11.5 Å². The van der Waals surface area contributed by atoms with Crippen molar-refractivity contribution in [2.75, 3.05) is 27.3 Å². The topological polar surface area (TPSA) is 50.7 Å². The van der Waals surface area contributed by atoms with Gasteiger partial charge in [-0.3, -0.25) is 0 Å². The molecule has 0 aliphatic heterocycles. The molecule has 1 atom stereocenters. The molecule has 1 fully saturated rings. The van der Waals surface area contributed by atoms with E-state index in [4.69, 9.17) is 9.47 Å². The Bertz CT molecular complexity index is 706. The Morgan fingerprint density at radius 3 is 2.04 bits per heavy atom. The summed E-state index contributed by atoms with van der Waals surface area (Å²) in [5.41, 5.74) is 1.84. The van der Waals surface area contributed by atoms with Crippen molar-refractivity contribution >= 4 is 0 Å². The molecule has 2 aromatic rings. The lowest BCUT2D eigenvalue weighted by atomic mass is 9.72. The molecule has 2 N–H and O–H groups in total. The minimum atomic E-state index is -0.625. The molecule has 1 aliphatic rings. The quantitative estimate of drug-likeness (QED) is 0.634. The molecule has 152 valence electrons. The van der Waals surface area contributed by atoms with E-state index in [0.717, 1.165) is 56.7 Å². The third-order valence-electron chi connectivity index (χ3n) is 5.98. The maximum atomic E-state index is 11.4. The maximum absolute atomic E-state index is 11.4. The van der Waals surface area contributed by atoms with Gasteiger partial charge in [0.15, 0.2) is 0 Å². The van der Waals surface area contributed by atoms with Gasteiger partial charge in [0.25, 0.3) is 0 Å². The van der Waals surface area contributed by atoms with E-state index in [2.05, 4.69) is 29.6 Å². The van der Waals surface area contributed by atoms with E-state index in [1.54, 1.807) is 14.2 Å². The van der Waals surface area contributed by atoms with Crippen LogP contribution in [0.4, 0.5) is 0 Å². The molecule has 1 saturated carbocycles. The van der Waals surface area contributed by atoms with E-state index >= 15 is 0 Å². The van der Waals surface area contributed by atoms with Crippen molar-refractivity contribution in [2.24, 2.45) is 0 Å². The van der Waals surface area contributed by atoms with Crippen LogP contribution in [0.3, 0.4) is 0 Å². The summed E-state index contributed by atoms with van der Waals surface area (Å²) in [5.74, 6) is 1.83. The summed E-state index contributed by atoms with van der Waals surface area (Å²) in [7, 11) is 3.37. The first-order valence-electron chi connectivity index (χ1n) is 10.3. The van der Waals surface area contributed by atoms with Crippen molar-refractivity contribution in [3.63, 3.8) is 0 Å². The van der Waals surface area contributed by atoms with Crippen LogP contribution in [0, 0.1) is 0 Å². The molecule has 2 aromatic carbocycles. The summed E-state index contributed by atoms with van der Waals surface area (Å²) < 4.78 is 10.5. The minimum Gasteiger partial charge on any atom is -0.497 e. The second-order valence-corrected chi connectivity index (χ2v) is 7.79. The molecule has 0 aromatic heterocycles. The molecule has 0 heterocycles. The van der Waals surface area contributed by atoms with Gasteiger partial charge in [-0.05, 0) is 61.2 Å². The molecule has 0 saturated heterocycles. The van der Waals surface area contributed by atoms with Crippen LogP contribution in [0.2, 0.25) is 0 Å². The van der Waals surface area contributed by atoms with Crippen molar-refractivity contribution in [3.8, 4) is 11.5 Å². The average molecular weight is 384 g/mol. The minimum absolute atomic E-state index is 0.0922. The van der Waals surface area contributed by atoms with Gasteiger partial charge in [-0.25, -0.2) is 0 Å². The van der Waals surface area contributed by atoms with Crippen LogP contribution in [0.5, 0.6) is 11.5 Å². The first kappa shape index (κ1) is 20.7. The van der Waals surface area contributed by atoms with Crippen LogP contribution in [0.15, 0.2) is 48.5 Å². The van der Waals surface area contributed by atoms with Crippen molar-refractivity contribution in [1.29, 1.82) is 0 Å². The van der Waals surface area contributed by atoms with Gasteiger partial charge in [0.2, 0.25) is 0 Å². The molecule has 3 rings (SSSR count). The molecule has 0 bridgehead atoms. The number of ether oxygens (including phenoxy) is 2. The number of aliphatic hydroxyl groups is 1. The summed E-state index contributed by atoms with van der Waals surface area (Å²) >= 11 is 0. The van der Waals surface area contributed by atoms with E-state index in [-0.39, 0.29) is 5.92 Å². The fourth-order valence-electron chi connectivity index (χ4n) is 4.24. The summed E-state index contributed by atoms with van der Waals surface area (Å²) in [6.45, 7) is 1.66. The number of rotatable bonds is 9. The Balaban J connectivity index is 1.62. The van der Waals surface area contributed by atoms with E-state index < -0.39 is 5.60 Å². The summed E-state index contributed by atoms with van der Waals surface area (Å²) in [6.07, 6.45) is 6.15. The van der Waals surface area contributed by atoms with E-state index in [9.17, 15) is 5.11 Å². The fourth-order valence-corrected chi connectivity index (χ4v) is 4.24. The zero-order valence-corrected chi connectivity index (χ0v) is 17.1. The normalized spacial score (nSPS) is 17.1. The zero-order chi connectivity index (χ0) is 19.8. The third-order valence-corrected chi connectivity index (χ3v) is 5.98. The monoisotopic (exact) mass is 383 g/mol. The molecule has 0 amide bonds. The predicted octanol–water partition coefficient (Wildman–Crippen LogP) is 4.31. The van der Waals surface area contributed by atoms with Crippen LogP contribution in [-0.2, 0) is 6.42 Å².